The van der Waals surface area contributed by atoms with Crippen molar-refractivity contribution in [2.75, 3.05) is 13.7 Å². The van der Waals surface area contributed by atoms with Crippen LogP contribution >= 0.6 is 0 Å². The largest absolute Gasteiger partial charge is 0.493 e. The lowest BCUT2D eigenvalue weighted by Crippen LogP contribution is -2.25. The van der Waals surface area contributed by atoms with E-state index in [9.17, 15) is 0 Å². The first-order valence-electron chi connectivity index (χ1n) is 5.70. The van der Waals surface area contributed by atoms with Crippen molar-refractivity contribution in [3.63, 3.8) is 0 Å². The van der Waals surface area contributed by atoms with Gasteiger partial charge in [-0.05, 0) is 39.3 Å². The molecule has 0 bridgehead atoms. The summed E-state index contributed by atoms with van der Waals surface area (Å²) in [5, 5.41) is 0. The van der Waals surface area contributed by atoms with Crippen LogP contribution in [0.3, 0.4) is 0 Å². The van der Waals surface area contributed by atoms with Crippen molar-refractivity contribution in [3.05, 3.63) is 29.3 Å². The molecule has 90 valence electrons. The Morgan fingerprint density at radius 3 is 2.44 bits per heavy atom. The van der Waals surface area contributed by atoms with Gasteiger partial charge in [0.25, 0.3) is 0 Å². The zero-order chi connectivity index (χ0) is 12.2. The van der Waals surface area contributed by atoms with Crippen LogP contribution < -0.4 is 4.74 Å². The average molecular weight is 222 g/mol. The zero-order valence-corrected chi connectivity index (χ0v) is 11.0. The molecule has 0 aliphatic rings. The quantitative estimate of drug-likeness (QED) is 0.759. The second kappa shape index (κ2) is 5.35. The number of hydrogen-bond donors (Lipinski definition) is 0. The first-order valence-corrected chi connectivity index (χ1v) is 5.70. The van der Waals surface area contributed by atoms with Crippen molar-refractivity contribution in [2.45, 2.75) is 39.7 Å². The van der Waals surface area contributed by atoms with E-state index in [1.807, 2.05) is 6.07 Å². The van der Waals surface area contributed by atoms with E-state index < -0.39 is 0 Å². The van der Waals surface area contributed by atoms with E-state index in [0.29, 0.717) is 6.61 Å². The second-order valence-corrected chi connectivity index (χ2v) is 4.83. The van der Waals surface area contributed by atoms with Gasteiger partial charge in [0.05, 0.1) is 12.2 Å². The number of rotatable bonds is 5. The van der Waals surface area contributed by atoms with Crippen LogP contribution in [0.25, 0.3) is 0 Å². The molecule has 0 amide bonds. The molecule has 0 heterocycles. The van der Waals surface area contributed by atoms with Gasteiger partial charge in [-0.25, -0.2) is 0 Å². The summed E-state index contributed by atoms with van der Waals surface area (Å²) in [6.45, 7) is 8.98. The second-order valence-electron chi connectivity index (χ2n) is 4.83. The van der Waals surface area contributed by atoms with Crippen LogP contribution in [0.2, 0.25) is 0 Å². The molecule has 1 aromatic carbocycles. The number of hydrogen-bond acceptors (Lipinski definition) is 2. The van der Waals surface area contributed by atoms with Gasteiger partial charge in [0.15, 0.2) is 0 Å². The highest BCUT2D eigenvalue weighted by Gasteiger charge is 2.16. The first-order chi connectivity index (χ1) is 7.44. The van der Waals surface area contributed by atoms with Crippen molar-refractivity contribution < 1.29 is 9.47 Å². The normalized spacial score (nSPS) is 11.6. The summed E-state index contributed by atoms with van der Waals surface area (Å²) in [5.41, 5.74) is 2.34. The molecule has 2 heteroatoms. The average Bonchev–Trinajstić information content (AvgIpc) is 2.21. The fourth-order valence-electron chi connectivity index (χ4n) is 1.47. The van der Waals surface area contributed by atoms with Gasteiger partial charge in [-0.3, -0.25) is 0 Å². The monoisotopic (exact) mass is 222 g/mol. The summed E-state index contributed by atoms with van der Waals surface area (Å²) >= 11 is 0. The molecule has 0 aliphatic carbocycles. The minimum Gasteiger partial charge on any atom is -0.493 e. The Hall–Kier alpha value is -1.02. The predicted molar refractivity (Wildman–Crippen MR) is 67.1 cm³/mol. The number of ether oxygens (including phenoxy) is 2. The topological polar surface area (TPSA) is 18.5 Å². The molecule has 0 saturated heterocycles. The molecule has 1 rings (SSSR count). The third-order valence-corrected chi connectivity index (χ3v) is 2.84. The molecular weight excluding hydrogens is 200 g/mol. The highest BCUT2D eigenvalue weighted by Crippen LogP contribution is 2.20. The van der Waals surface area contributed by atoms with Gasteiger partial charge in [0.1, 0.15) is 5.75 Å². The Bertz CT molecular complexity index is 343. The lowest BCUT2D eigenvalue weighted by Gasteiger charge is -2.22. The number of benzene rings is 1. The fraction of sp³-hybridized carbons (Fsp3) is 0.571. The van der Waals surface area contributed by atoms with Crippen molar-refractivity contribution in [1.82, 2.24) is 0 Å². The molecule has 0 unspecified atom stereocenters. The summed E-state index contributed by atoms with van der Waals surface area (Å²) < 4.78 is 11.1. The molecule has 0 fully saturated rings. The molecule has 1 aromatic rings. The molecule has 16 heavy (non-hydrogen) atoms. The van der Waals surface area contributed by atoms with Crippen LogP contribution in [0.4, 0.5) is 0 Å². The van der Waals surface area contributed by atoms with Gasteiger partial charge in [-0.1, -0.05) is 17.7 Å². The van der Waals surface area contributed by atoms with E-state index in [4.69, 9.17) is 9.47 Å². The minimum absolute atomic E-state index is 0.112. The third-order valence-electron chi connectivity index (χ3n) is 2.84. The standard InChI is InChI=1S/C14H22O2/c1-11-6-7-13(12(2)10-11)16-9-8-14(3,4)15-5/h6-7,10H,8-9H2,1-5H3. The Morgan fingerprint density at radius 2 is 1.88 bits per heavy atom. The Labute approximate surface area is 98.6 Å². The van der Waals surface area contributed by atoms with Gasteiger partial charge < -0.3 is 9.47 Å². The van der Waals surface area contributed by atoms with Crippen LogP contribution in [0.15, 0.2) is 18.2 Å². The van der Waals surface area contributed by atoms with Crippen LogP contribution in [0.5, 0.6) is 5.75 Å². The van der Waals surface area contributed by atoms with Crippen LogP contribution in [0, 0.1) is 13.8 Å². The van der Waals surface area contributed by atoms with Gasteiger partial charge in [0, 0.05) is 13.5 Å². The van der Waals surface area contributed by atoms with E-state index in [0.717, 1.165) is 12.2 Å². The van der Waals surface area contributed by atoms with Crippen LogP contribution in [-0.2, 0) is 4.74 Å². The van der Waals surface area contributed by atoms with Crippen molar-refractivity contribution >= 4 is 0 Å². The maximum atomic E-state index is 5.75. The van der Waals surface area contributed by atoms with E-state index in [2.05, 4.69) is 39.8 Å². The van der Waals surface area contributed by atoms with Crippen LogP contribution in [0.1, 0.15) is 31.4 Å². The first kappa shape index (κ1) is 13.0. The highest BCUT2D eigenvalue weighted by atomic mass is 16.5. The highest BCUT2D eigenvalue weighted by molar-refractivity contribution is 5.35. The maximum absolute atomic E-state index is 5.75. The molecule has 0 spiro atoms. The van der Waals surface area contributed by atoms with Crippen molar-refractivity contribution in [3.8, 4) is 5.75 Å². The summed E-state index contributed by atoms with van der Waals surface area (Å²) in [7, 11) is 1.73. The molecule has 0 aliphatic heterocycles. The Morgan fingerprint density at radius 1 is 1.19 bits per heavy atom. The third kappa shape index (κ3) is 3.86. The van der Waals surface area contributed by atoms with Gasteiger partial charge in [0.2, 0.25) is 0 Å². The van der Waals surface area contributed by atoms with E-state index in [-0.39, 0.29) is 5.60 Å². The lowest BCUT2D eigenvalue weighted by molar-refractivity contribution is 0.00540. The molecule has 0 saturated carbocycles. The molecule has 0 atom stereocenters. The Balaban J connectivity index is 2.49. The van der Waals surface area contributed by atoms with E-state index in [1.54, 1.807) is 7.11 Å². The lowest BCUT2D eigenvalue weighted by atomic mass is 10.1. The SMILES string of the molecule is COC(C)(C)CCOc1ccc(C)cc1C. The van der Waals surface area contributed by atoms with E-state index in [1.165, 1.54) is 11.1 Å². The smallest absolute Gasteiger partial charge is 0.122 e. The molecule has 0 aromatic heterocycles. The predicted octanol–water partition coefficient (Wildman–Crippen LogP) is 3.50. The molecule has 2 nitrogen and oxygen atoms in total. The molecule has 0 N–H and O–H groups in total. The summed E-state index contributed by atoms with van der Waals surface area (Å²) in [6, 6.07) is 6.24. The summed E-state index contributed by atoms with van der Waals surface area (Å²) in [6.07, 6.45) is 0.886. The van der Waals surface area contributed by atoms with Crippen LogP contribution in [-0.4, -0.2) is 19.3 Å². The van der Waals surface area contributed by atoms with Gasteiger partial charge >= 0.3 is 0 Å². The summed E-state index contributed by atoms with van der Waals surface area (Å²) in [4.78, 5) is 0. The maximum Gasteiger partial charge on any atom is 0.122 e. The molecule has 0 radical (unpaired) electrons. The van der Waals surface area contributed by atoms with Gasteiger partial charge in [-0.15, -0.1) is 0 Å². The van der Waals surface area contributed by atoms with Gasteiger partial charge in [-0.2, -0.15) is 0 Å². The van der Waals surface area contributed by atoms with Crippen molar-refractivity contribution in [2.24, 2.45) is 0 Å². The fourth-order valence-corrected chi connectivity index (χ4v) is 1.47. The minimum atomic E-state index is -0.112. The zero-order valence-electron chi connectivity index (χ0n) is 11.0. The number of aryl methyl sites for hydroxylation is 2. The van der Waals surface area contributed by atoms with Crippen molar-refractivity contribution in [1.29, 1.82) is 0 Å². The Kier molecular flexibility index (Phi) is 4.36. The summed E-state index contributed by atoms with van der Waals surface area (Å²) in [5.74, 6) is 0.970. The molecular formula is C14H22O2. The number of methoxy groups -OCH3 is 1. The van der Waals surface area contributed by atoms with E-state index >= 15 is 0 Å².